The van der Waals surface area contributed by atoms with E-state index in [9.17, 15) is 4.79 Å². The van der Waals surface area contributed by atoms with Crippen LogP contribution in [0.2, 0.25) is 0 Å². The number of ether oxygens (including phenoxy) is 1. The molecule has 1 heterocycles. The molecule has 1 aromatic rings. The van der Waals surface area contributed by atoms with Crippen LogP contribution in [0, 0.1) is 19.8 Å². The fourth-order valence-electron chi connectivity index (χ4n) is 2.47. The van der Waals surface area contributed by atoms with Crippen molar-refractivity contribution in [2.24, 2.45) is 5.92 Å². The second-order valence-electron chi connectivity index (χ2n) is 5.39. The fraction of sp³-hybridized carbons (Fsp3) is 0.562. The first kappa shape index (κ1) is 14.1. The largest absolute Gasteiger partial charge is 0.381 e. The number of carbonyl (C=O) groups excluding carboxylic acids is 1. The summed E-state index contributed by atoms with van der Waals surface area (Å²) >= 11 is 0. The van der Waals surface area contributed by atoms with Gasteiger partial charge >= 0.3 is 0 Å². The number of rotatable bonds is 4. The molecule has 3 nitrogen and oxygen atoms in total. The maximum absolute atomic E-state index is 12.0. The summed E-state index contributed by atoms with van der Waals surface area (Å²) in [6.45, 7) is 5.81. The Kier molecular flexibility index (Phi) is 4.97. The van der Waals surface area contributed by atoms with Gasteiger partial charge < -0.3 is 10.1 Å². The molecule has 1 N–H and O–H groups in total. The topological polar surface area (TPSA) is 38.3 Å². The van der Waals surface area contributed by atoms with Gasteiger partial charge in [-0.2, -0.15) is 0 Å². The average molecular weight is 261 g/mol. The second kappa shape index (κ2) is 6.71. The van der Waals surface area contributed by atoms with Gasteiger partial charge in [0.15, 0.2) is 0 Å². The van der Waals surface area contributed by atoms with E-state index in [-0.39, 0.29) is 5.91 Å². The normalized spacial score (nSPS) is 16.3. The smallest absolute Gasteiger partial charge is 0.224 e. The Morgan fingerprint density at radius 2 is 2.05 bits per heavy atom. The van der Waals surface area contributed by atoms with Gasteiger partial charge in [-0.15, -0.1) is 0 Å². The maximum Gasteiger partial charge on any atom is 0.224 e. The molecule has 0 saturated carbocycles. The van der Waals surface area contributed by atoms with Crippen LogP contribution in [0.1, 0.15) is 36.8 Å². The molecule has 0 unspecified atom stereocenters. The molecule has 0 spiro atoms. The Morgan fingerprint density at radius 3 is 2.79 bits per heavy atom. The van der Waals surface area contributed by atoms with Crippen LogP contribution in [-0.4, -0.2) is 19.1 Å². The number of carbonyl (C=O) groups is 1. The minimum absolute atomic E-state index is 0.125. The highest BCUT2D eigenvalue weighted by Gasteiger charge is 2.15. The van der Waals surface area contributed by atoms with Crippen LogP contribution in [-0.2, 0) is 9.53 Å². The molecule has 1 fully saturated rings. The summed E-state index contributed by atoms with van der Waals surface area (Å²) < 4.78 is 5.33. The van der Waals surface area contributed by atoms with Gasteiger partial charge in [0.25, 0.3) is 0 Å². The molecule has 104 valence electrons. The van der Waals surface area contributed by atoms with E-state index in [2.05, 4.69) is 18.3 Å². The van der Waals surface area contributed by atoms with Gasteiger partial charge in [0.1, 0.15) is 0 Å². The van der Waals surface area contributed by atoms with Gasteiger partial charge in [-0.3, -0.25) is 4.79 Å². The molecule has 0 aliphatic carbocycles. The number of nitrogens with one attached hydrogen (secondary N) is 1. The monoisotopic (exact) mass is 261 g/mol. The van der Waals surface area contributed by atoms with Crippen molar-refractivity contribution in [1.29, 1.82) is 0 Å². The van der Waals surface area contributed by atoms with Crippen LogP contribution in [0.4, 0.5) is 5.69 Å². The first-order chi connectivity index (χ1) is 9.16. The molecular weight excluding hydrogens is 238 g/mol. The number of amides is 1. The molecule has 1 amide bonds. The van der Waals surface area contributed by atoms with Crippen molar-refractivity contribution < 1.29 is 9.53 Å². The van der Waals surface area contributed by atoms with Gasteiger partial charge in [0.2, 0.25) is 5.91 Å². The molecule has 0 bridgehead atoms. The molecule has 0 atom stereocenters. The molecule has 3 heteroatoms. The van der Waals surface area contributed by atoms with Crippen LogP contribution in [0.5, 0.6) is 0 Å². The first-order valence-electron chi connectivity index (χ1n) is 7.10. The van der Waals surface area contributed by atoms with Crippen LogP contribution >= 0.6 is 0 Å². The van der Waals surface area contributed by atoms with E-state index >= 15 is 0 Å². The van der Waals surface area contributed by atoms with E-state index in [1.54, 1.807) is 0 Å². The molecule has 1 aliphatic heterocycles. The summed E-state index contributed by atoms with van der Waals surface area (Å²) in [5, 5.41) is 3.02. The lowest BCUT2D eigenvalue weighted by Gasteiger charge is -2.21. The van der Waals surface area contributed by atoms with Gasteiger partial charge in [0.05, 0.1) is 0 Å². The standard InChI is InChI=1S/C16H23NO2/c1-12-4-3-5-15(13(12)2)17-16(18)7-6-14-8-10-19-11-9-14/h3-5,14H,6-11H2,1-2H3,(H,17,18). The van der Waals surface area contributed by atoms with Gasteiger partial charge in [-0.25, -0.2) is 0 Å². The van der Waals surface area contributed by atoms with Crippen molar-refractivity contribution in [2.75, 3.05) is 18.5 Å². The van der Waals surface area contributed by atoms with Crippen molar-refractivity contribution in [1.82, 2.24) is 0 Å². The molecule has 19 heavy (non-hydrogen) atoms. The van der Waals surface area contributed by atoms with E-state index in [0.29, 0.717) is 12.3 Å². The Balaban J connectivity index is 1.82. The van der Waals surface area contributed by atoms with Crippen molar-refractivity contribution in [3.63, 3.8) is 0 Å². The lowest BCUT2D eigenvalue weighted by molar-refractivity contribution is -0.116. The zero-order valence-electron chi connectivity index (χ0n) is 11.9. The number of hydrogen-bond donors (Lipinski definition) is 1. The van der Waals surface area contributed by atoms with Crippen LogP contribution < -0.4 is 5.32 Å². The molecule has 1 saturated heterocycles. The summed E-state index contributed by atoms with van der Waals surface area (Å²) in [5.41, 5.74) is 3.31. The Bertz CT molecular complexity index is 436. The third-order valence-corrected chi connectivity index (χ3v) is 4.00. The summed E-state index contributed by atoms with van der Waals surface area (Å²) in [5.74, 6) is 0.776. The van der Waals surface area contributed by atoms with Crippen molar-refractivity contribution >= 4 is 11.6 Å². The van der Waals surface area contributed by atoms with E-state index < -0.39 is 0 Å². The van der Waals surface area contributed by atoms with Crippen LogP contribution in [0.15, 0.2) is 18.2 Å². The lowest BCUT2D eigenvalue weighted by atomic mass is 9.95. The molecule has 1 aromatic carbocycles. The second-order valence-corrected chi connectivity index (χ2v) is 5.39. The highest BCUT2D eigenvalue weighted by Crippen LogP contribution is 2.21. The number of hydrogen-bond acceptors (Lipinski definition) is 2. The maximum atomic E-state index is 12.0. The quantitative estimate of drug-likeness (QED) is 0.901. The van der Waals surface area contributed by atoms with Crippen molar-refractivity contribution in [2.45, 2.75) is 39.5 Å². The third kappa shape index (κ3) is 4.06. The summed E-state index contributed by atoms with van der Waals surface area (Å²) in [4.78, 5) is 12.0. The minimum Gasteiger partial charge on any atom is -0.381 e. The number of anilines is 1. The van der Waals surface area contributed by atoms with E-state index in [0.717, 1.165) is 43.7 Å². The lowest BCUT2D eigenvalue weighted by Crippen LogP contribution is -2.19. The highest BCUT2D eigenvalue weighted by atomic mass is 16.5. The zero-order valence-corrected chi connectivity index (χ0v) is 11.9. The SMILES string of the molecule is Cc1cccc(NC(=O)CCC2CCOCC2)c1C. The zero-order chi connectivity index (χ0) is 13.7. The van der Waals surface area contributed by atoms with E-state index in [1.165, 1.54) is 5.56 Å². The minimum atomic E-state index is 0.125. The predicted octanol–water partition coefficient (Wildman–Crippen LogP) is 3.45. The Labute approximate surface area is 115 Å². The van der Waals surface area contributed by atoms with Crippen molar-refractivity contribution in [3.05, 3.63) is 29.3 Å². The average Bonchev–Trinajstić information content (AvgIpc) is 2.43. The summed E-state index contributed by atoms with van der Waals surface area (Å²) in [7, 11) is 0. The van der Waals surface area contributed by atoms with Gasteiger partial charge in [0, 0.05) is 25.3 Å². The number of aryl methyl sites for hydroxylation is 1. The molecule has 1 aliphatic rings. The van der Waals surface area contributed by atoms with E-state index in [4.69, 9.17) is 4.74 Å². The molecular formula is C16H23NO2. The van der Waals surface area contributed by atoms with Crippen LogP contribution in [0.25, 0.3) is 0 Å². The van der Waals surface area contributed by atoms with Gasteiger partial charge in [-0.05, 0) is 56.2 Å². The Hall–Kier alpha value is -1.35. The molecule has 0 radical (unpaired) electrons. The third-order valence-electron chi connectivity index (χ3n) is 4.00. The fourth-order valence-corrected chi connectivity index (χ4v) is 2.47. The predicted molar refractivity (Wildman–Crippen MR) is 77.3 cm³/mol. The van der Waals surface area contributed by atoms with Crippen molar-refractivity contribution in [3.8, 4) is 0 Å². The Morgan fingerprint density at radius 1 is 1.32 bits per heavy atom. The van der Waals surface area contributed by atoms with E-state index in [1.807, 2.05) is 19.1 Å². The summed E-state index contributed by atoms with van der Waals surface area (Å²) in [6, 6.07) is 6.01. The highest BCUT2D eigenvalue weighted by molar-refractivity contribution is 5.91. The number of benzene rings is 1. The molecule has 2 rings (SSSR count). The molecule has 0 aromatic heterocycles. The van der Waals surface area contributed by atoms with Gasteiger partial charge in [-0.1, -0.05) is 12.1 Å². The van der Waals surface area contributed by atoms with Crippen LogP contribution in [0.3, 0.4) is 0 Å². The summed E-state index contributed by atoms with van der Waals surface area (Å²) in [6.07, 6.45) is 3.77. The first-order valence-corrected chi connectivity index (χ1v) is 7.10.